The monoisotopic (exact) mass is 463 g/mol. The summed E-state index contributed by atoms with van der Waals surface area (Å²) >= 11 is 1.86. The number of nitrogens with zero attached hydrogens (tertiary/aromatic N) is 2. The molecule has 0 aliphatic heterocycles. The van der Waals surface area contributed by atoms with Gasteiger partial charge >= 0.3 is 0 Å². The highest BCUT2D eigenvalue weighted by Crippen LogP contribution is 2.22. The molecule has 1 heterocycles. The van der Waals surface area contributed by atoms with Crippen LogP contribution in [0.3, 0.4) is 0 Å². The van der Waals surface area contributed by atoms with Gasteiger partial charge in [-0.15, -0.1) is 17.0 Å². The summed E-state index contributed by atoms with van der Waals surface area (Å²) in [5.41, 5.74) is 0.238. The van der Waals surface area contributed by atoms with Crippen molar-refractivity contribution in [2.75, 3.05) is 0 Å². The van der Waals surface area contributed by atoms with Crippen LogP contribution in [-0.2, 0) is 6.54 Å². The van der Waals surface area contributed by atoms with Crippen molar-refractivity contribution in [2.24, 2.45) is 0 Å². The molecule has 1 aromatic carbocycles. The lowest BCUT2D eigenvalue weighted by molar-refractivity contribution is -0.385. The zero-order chi connectivity index (χ0) is 14.7. The van der Waals surface area contributed by atoms with E-state index in [0.29, 0.717) is 14.5 Å². The first kappa shape index (κ1) is 17.5. The van der Waals surface area contributed by atoms with Crippen molar-refractivity contribution < 1.29 is 9.72 Å². The van der Waals surface area contributed by atoms with Gasteiger partial charge in [-0.1, -0.05) is 0 Å². The summed E-state index contributed by atoms with van der Waals surface area (Å²) in [6.45, 7) is 0.0814. The van der Waals surface area contributed by atoms with Gasteiger partial charge in [0.05, 0.1) is 20.4 Å². The minimum absolute atomic E-state index is 0. The van der Waals surface area contributed by atoms with Gasteiger partial charge in [0, 0.05) is 24.0 Å². The summed E-state index contributed by atoms with van der Waals surface area (Å²) in [5, 5.41) is 18.6. The maximum atomic E-state index is 12.1. The first-order valence-electron chi connectivity index (χ1n) is 5.65. The predicted octanol–water partition coefficient (Wildman–Crippen LogP) is 2.94. The van der Waals surface area contributed by atoms with Crippen molar-refractivity contribution in [3.63, 3.8) is 0 Å². The van der Waals surface area contributed by atoms with E-state index in [4.69, 9.17) is 5.41 Å². The third-order valence-electron chi connectivity index (χ3n) is 2.68. The van der Waals surface area contributed by atoms with E-state index in [2.05, 4.69) is 0 Å². The van der Waals surface area contributed by atoms with Gasteiger partial charge in [0.25, 0.3) is 5.69 Å². The fraction of sp³-hybridized carbons (Fsp3) is 0.0769. The Balaban J connectivity index is 0.00000220. The fourth-order valence-electron chi connectivity index (χ4n) is 1.65. The smallest absolute Gasteiger partial charge is 0.283 e. The average Bonchev–Trinajstić information content (AvgIpc) is 2.41. The van der Waals surface area contributed by atoms with E-state index in [9.17, 15) is 14.9 Å². The number of nitro groups is 1. The number of nitro benzene ring substituents is 1. The van der Waals surface area contributed by atoms with Crippen LogP contribution in [0.25, 0.3) is 0 Å². The second kappa shape index (κ2) is 7.46. The van der Waals surface area contributed by atoms with Crippen LogP contribution in [0, 0.1) is 19.1 Å². The molecule has 0 radical (unpaired) electrons. The van der Waals surface area contributed by atoms with Crippen molar-refractivity contribution in [3.8, 4) is 0 Å². The summed E-state index contributed by atoms with van der Waals surface area (Å²) in [4.78, 5) is 22.4. The van der Waals surface area contributed by atoms with Crippen LogP contribution in [0.5, 0.6) is 0 Å². The Morgan fingerprint density at radius 2 is 1.90 bits per heavy atom. The first-order valence-corrected chi connectivity index (χ1v) is 6.73. The Labute approximate surface area is 144 Å². The lowest BCUT2D eigenvalue weighted by Crippen LogP contribution is -2.12. The standard InChI is InChI=1S/C13H10IN3O3.BrH/c14-11-2-1-9(7-12(11)17(19)20)13(18)8-16-5-3-10(15)4-6-16;/h1-7,15H,8H2;1H. The molecule has 8 heteroatoms. The summed E-state index contributed by atoms with van der Waals surface area (Å²) in [6, 6.07) is 7.58. The molecular formula is C13H11BrIN3O3. The van der Waals surface area contributed by atoms with E-state index in [1.807, 2.05) is 22.6 Å². The number of pyridine rings is 1. The Morgan fingerprint density at radius 1 is 1.29 bits per heavy atom. The van der Waals surface area contributed by atoms with Gasteiger partial charge in [-0.3, -0.25) is 14.9 Å². The van der Waals surface area contributed by atoms with Gasteiger partial charge in [0.15, 0.2) is 5.78 Å². The van der Waals surface area contributed by atoms with Crippen molar-refractivity contribution >= 4 is 51.0 Å². The molecular weight excluding hydrogens is 453 g/mol. The largest absolute Gasteiger partial charge is 0.346 e. The third-order valence-corrected chi connectivity index (χ3v) is 3.59. The number of ketones is 1. The van der Waals surface area contributed by atoms with Crippen LogP contribution in [0.4, 0.5) is 5.69 Å². The van der Waals surface area contributed by atoms with Gasteiger partial charge in [-0.2, -0.15) is 0 Å². The number of Topliss-reactive ketones (excluding diaryl/α,β-unsaturated/α-hetero) is 1. The number of nitrogens with one attached hydrogen (secondary N) is 1. The summed E-state index contributed by atoms with van der Waals surface area (Å²) < 4.78 is 2.12. The van der Waals surface area contributed by atoms with Gasteiger partial charge in [-0.05, 0) is 46.9 Å². The molecule has 0 saturated carbocycles. The van der Waals surface area contributed by atoms with Gasteiger partial charge in [0.2, 0.25) is 0 Å². The van der Waals surface area contributed by atoms with E-state index in [-0.39, 0.29) is 35.0 Å². The Morgan fingerprint density at radius 3 is 2.48 bits per heavy atom. The highest BCUT2D eigenvalue weighted by Gasteiger charge is 2.15. The highest BCUT2D eigenvalue weighted by atomic mass is 127. The average molecular weight is 464 g/mol. The second-order valence-corrected chi connectivity index (χ2v) is 5.27. The molecule has 0 bridgehead atoms. The maximum absolute atomic E-state index is 12.1. The van der Waals surface area contributed by atoms with Crippen LogP contribution >= 0.6 is 39.6 Å². The molecule has 0 aliphatic rings. The van der Waals surface area contributed by atoms with Crippen LogP contribution in [0.15, 0.2) is 42.7 Å². The zero-order valence-electron chi connectivity index (χ0n) is 10.7. The van der Waals surface area contributed by atoms with E-state index < -0.39 is 4.92 Å². The SMILES string of the molecule is Br.N=c1ccn(CC(=O)c2ccc(I)c([N+](=O)[O-])c2)cc1. The molecule has 0 atom stereocenters. The lowest BCUT2D eigenvalue weighted by atomic mass is 10.1. The minimum Gasteiger partial charge on any atom is -0.346 e. The van der Waals surface area contributed by atoms with E-state index in [0.717, 1.165) is 0 Å². The van der Waals surface area contributed by atoms with Crippen molar-refractivity contribution in [3.05, 3.63) is 67.3 Å². The Bertz CT molecular complexity index is 725. The molecule has 1 aromatic heterocycles. The van der Waals surface area contributed by atoms with E-state index >= 15 is 0 Å². The van der Waals surface area contributed by atoms with Crippen LogP contribution in [-0.4, -0.2) is 15.3 Å². The van der Waals surface area contributed by atoms with Crippen LogP contribution in [0.2, 0.25) is 0 Å². The third kappa shape index (κ3) is 4.46. The van der Waals surface area contributed by atoms with Crippen molar-refractivity contribution in [1.82, 2.24) is 4.57 Å². The molecule has 2 rings (SSSR count). The Kier molecular flexibility index (Phi) is 6.21. The number of hydrogen-bond acceptors (Lipinski definition) is 4. The molecule has 0 spiro atoms. The number of halogens is 2. The number of aromatic nitrogens is 1. The number of benzene rings is 1. The number of rotatable bonds is 4. The second-order valence-electron chi connectivity index (χ2n) is 4.11. The van der Waals surface area contributed by atoms with Gasteiger partial charge in [-0.25, -0.2) is 0 Å². The highest BCUT2D eigenvalue weighted by molar-refractivity contribution is 14.1. The quantitative estimate of drug-likeness (QED) is 0.327. The topological polar surface area (TPSA) is 89.0 Å². The molecule has 0 saturated heterocycles. The number of carbonyl (C=O) groups is 1. The molecule has 0 fully saturated rings. The van der Waals surface area contributed by atoms with Gasteiger partial charge < -0.3 is 9.98 Å². The van der Waals surface area contributed by atoms with Crippen molar-refractivity contribution in [1.29, 1.82) is 5.41 Å². The molecule has 6 nitrogen and oxygen atoms in total. The lowest BCUT2D eigenvalue weighted by Gasteiger charge is -2.05. The van der Waals surface area contributed by atoms with Gasteiger partial charge in [0.1, 0.15) is 0 Å². The zero-order valence-corrected chi connectivity index (χ0v) is 14.5. The molecule has 0 amide bonds. The molecule has 2 aromatic rings. The molecule has 0 aliphatic carbocycles. The maximum Gasteiger partial charge on any atom is 0.283 e. The summed E-state index contributed by atoms with van der Waals surface area (Å²) in [5.74, 6) is -0.216. The van der Waals surface area contributed by atoms with Crippen LogP contribution < -0.4 is 5.36 Å². The summed E-state index contributed by atoms with van der Waals surface area (Å²) in [7, 11) is 0. The number of hydrogen-bond donors (Lipinski definition) is 1. The predicted molar refractivity (Wildman–Crippen MR) is 90.8 cm³/mol. The van der Waals surface area contributed by atoms with E-state index in [1.54, 1.807) is 41.2 Å². The molecule has 21 heavy (non-hydrogen) atoms. The molecule has 1 N–H and O–H groups in total. The molecule has 0 unspecified atom stereocenters. The first-order chi connectivity index (χ1) is 9.47. The summed E-state index contributed by atoms with van der Waals surface area (Å²) in [6.07, 6.45) is 3.25. The Hall–Kier alpha value is -1.55. The number of carbonyl (C=O) groups excluding carboxylic acids is 1. The molecule has 110 valence electrons. The normalized spacial score (nSPS) is 9.76. The fourth-order valence-corrected chi connectivity index (χ4v) is 2.18. The minimum atomic E-state index is -0.499. The van der Waals surface area contributed by atoms with Crippen molar-refractivity contribution in [2.45, 2.75) is 6.54 Å². The van der Waals surface area contributed by atoms with Crippen LogP contribution in [0.1, 0.15) is 10.4 Å². The van der Waals surface area contributed by atoms with E-state index in [1.165, 1.54) is 6.07 Å².